The maximum Gasteiger partial charge on any atom is 0.230 e. The summed E-state index contributed by atoms with van der Waals surface area (Å²) in [6.45, 7) is 2.76. The Balaban J connectivity index is 1.29. The van der Waals surface area contributed by atoms with Crippen molar-refractivity contribution in [3.8, 4) is 17.2 Å². The van der Waals surface area contributed by atoms with Crippen LogP contribution in [0.25, 0.3) is 5.69 Å². The lowest BCUT2D eigenvalue weighted by Crippen LogP contribution is -2.41. The summed E-state index contributed by atoms with van der Waals surface area (Å²) in [5.74, 6) is 1.51. The Kier molecular flexibility index (Phi) is 5.43. The fourth-order valence-electron chi connectivity index (χ4n) is 2.79. The van der Waals surface area contributed by atoms with E-state index in [2.05, 4.69) is 20.8 Å². The van der Waals surface area contributed by atoms with Gasteiger partial charge >= 0.3 is 0 Å². The topological polar surface area (TPSA) is 91.2 Å². The first-order valence-corrected chi connectivity index (χ1v) is 9.81. The minimum Gasteiger partial charge on any atom is -0.486 e. The number of nitrogens with one attached hydrogen (secondary N) is 1. The first-order valence-electron chi connectivity index (χ1n) is 8.83. The summed E-state index contributed by atoms with van der Waals surface area (Å²) in [4.78, 5) is 12.2. The Morgan fingerprint density at radius 3 is 2.86 bits per heavy atom. The predicted octanol–water partition coefficient (Wildman–Crippen LogP) is 2.02. The van der Waals surface area contributed by atoms with E-state index in [1.807, 2.05) is 55.5 Å². The summed E-state index contributed by atoms with van der Waals surface area (Å²) in [6, 6.07) is 15.3. The Morgan fingerprint density at radius 2 is 2.00 bits per heavy atom. The van der Waals surface area contributed by atoms with Crippen LogP contribution in [0, 0.1) is 6.92 Å². The van der Waals surface area contributed by atoms with E-state index in [4.69, 9.17) is 9.47 Å². The molecule has 28 heavy (non-hydrogen) atoms. The second-order valence-electron chi connectivity index (χ2n) is 6.25. The van der Waals surface area contributed by atoms with E-state index < -0.39 is 0 Å². The number of aryl methyl sites for hydroxylation is 1. The van der Waals surface area contributed by atoms with Crippen LogP contribution in [0.2, 0.25) is 0 Å². The van der Waals surface area contributed by atoms with Gasteiger partial charge in [0.05, 0.1) is 18.0 Å². The minimum absolute atomic E-state index is 0.119. The molecule has 4 rings (SSSR count). The molecule has 0 saturated carbocycles. The van der Waals surface area contributed by atoms with Crippen LogP contribution in [0.15, 0.2) is 53.7 Å². The molecule has 9 heteroatoms. The van der Waals surface area contributed by atoms with Crippen LogP contribution in [0.5, 0.6) is 11.5 Å². The second-order valence-corrected chi connectivity index (χ2v) is 7.19. The molecule has 0 fully saturated rings. The number of nitrogens with zero attached hydrogens (tertiary/aromatic N) is 4. The fraction of sp³-hybridized carbons (Fsp3) is 0.263. The zero-order chi connectivity index (χ0) is 19.3. The first kappa shape index (κ1) is 18.3. The molecule has 1 aliphatic rings. The third-order valence-corrected chi connectivity index (χ3v) is 5.13. The number of aromatic nitrogens is 4. The molecule has 1 N–H and O–H groups in total. The van der Waals surface area contributed by atoms with Gasteiger partial charge in [-0.3, -0.25) is 4.79 Å². The zero-order valence-electron chi connectivity index (χ0n) is 15.2. The highest BCUT2D eigenvalue weighted by molar-refractivity contribution is 7.99. The quantitative estimate of drug-likeness (QED) is 0.636. The molecule has 1 atom stereocenters. The standard InChI is InChI=1S/C19H19N5O3S/c1-13-6-2-3-7-15(13)24-19(21-22-23-24)28-12-18(25)20-10-14-11-26-16-8-4-5-9-17(16)27-14/h2-9,14H,10-12H2,1H3,(H,20,25). The van der Waals surface area contributed by atoms with Crippen molar-refractivity contribution in [2.24, 2.45) is 0 Å². The number of hydrogen-bond acceptors (Lipinski definition) is 7. The molecular weight excluding hydrogens is 378 g/mol. The fourth-order valence-corrected chi connectivity index (χ4v) is 3.51. The van der Waals surface area contributed by atoms with Gasteiger partial charge in [0.25, 0.3) is 0 Å². The molecule has 1 amide bonds. The van der Waals surface area contributed by atoms with E-state index in [9.17, 15) is 4.79 Å². The SMILES string of the molecule is Cc1ccccc1-n1nnnc1SCC(=O)NCC1COc2ccccc2O1. The molecular formula is C19H19N5O3S. The largest absolute Gasteiger partial charge is 0.486 e. The lowest BCUT2D eigenvalue weighted by Gasteiger charge is -2.26. The van der Waals surface area contributed by atoms with Crippen molar-refractivity contribution >= 4 is 17.7 Å². The van der Waals surface area contributed by atoms with Crippen molar-refractivity contribution in [3.05, 3.63) is 54.1 Å². The summed E-state index contributed by atoms with van der Waals surface area (Å²) in [5.41, 5.74) is 1.94. The number of carbonyl (C=O) groups is 1. The maximum absolute atomic E-state index is 12.2. The normalized spacial score (nSPS) is 15.2. The average Bonchev–Trinajstić information content (AvgIpc) is 3.19. The van der Waals surface area contributed by atoms with Crippen molar-refractivity contribution < 1.29 is 14.3 Å². The summed E-state index contributed by atoms with van der Waals surface area (Å²) in [5, 5.41) is 15.2. The van der Waals surface area contributed by atoms with Crippen LogP contribution in [0.1, 0.15) is 5.56 Å². The van der Waals surface area contributed by atoms with Crippen LogP contribution in [0.3, 0.4) is 0 Å². The minimum atomic E-state index is -0.221. The third kappa shape index (κ3) is 4.09. The number of rotatable bonds is 6. The summed E-state index contributed by atoms with van der Waals surface area (Å²) < 4.78 is 13.1. The molecule has 1 aliphatic heterocycles. The van der Waals surface area contributed by atoms with Crippen molar-refractivity contribution in [1.82, 2.24) is 25.5 Å². The zero-order valence-corrected chi connectivity index (χ0v) is 16.1. The van der Waals surface area contributed by atoms with Crippen molar-refractivity contribution in [2.75, 3.05) is 18.9 Å². The first-order chi connectivity index (χ1) is 13.7. The number of amides is 1. The number of tetrazole rings is 1. The molecule has 144 valence electrons. The highest BCUT2D eigenvalue weighted by atomic mass is 32.2. The molecule has 0 spiro atoms. The second kappa shape index (κ2) is 8.30. The predicted molar refractivity (Wildman–Crippen MR) is 104 cm³/mol. The van der Waals surface area contributed by atoms with Gasteiger partial charge < -0.3 is 14.8 Å². The Bertz CT molecular complexity index is 977. The van der Waals surface area contributed by atoms with Crippen LogP contribution in [0.4, 0.5) is 0 Å². The monoisotopic (exact) mass is 397 g/mol. The molecule has 2 aromatic carbocycles. The van der Waals surface area contributed by atoms with E-state index in [1.165, 1.54) is 11.8 Å². The number of fused-ring (bicyclic) bond motifs is 1. The molecule has 1 unspecified atom stereocenters. The molecule has 8 nitrogen and oxygen atoms in total. The van der Waals surface area contributed by atoms with Gasteiger partial charge in [0.2, 0.25) is 11.1 Å². The molecule has 1 aromatic heterocycles. The molecule has 0 bridgehead atoms. The van der Waals surface area contributed by atoms with Crippen LogP contribution < -0.4 is 14.8 Å². The van der Waals surface area contributed by atoms with Gasteiger partial charge in [-0.2, -0.15) is 4.68 Å². The highest BCUT2D eigenvalue weighted by Gasteiger charge is 2.21. The Morgan fingerprint density at radius 1 is 1.21 bits per heavy atom. The van der Waals surface area contributed by atoms with Gasteiger partial charge in [0.15, 0.2) is 11.5 Å². The lowest BCUT2D eigenvalue weighted by atomic mass is 10.2. The summed E-state index contributed by atoms with van der Waals surface area (Å²) in [7, 11) is 0. The third-order valence-electron chi connectivity index (χ3n) is 4.21. The van der Waals surface area contributed by atoms with Crippen LogP contribution in [-0.4, -0.2) is 51.1 Å². The number of thioether (sulfide) groups is 1. The van der Waals surface area contributed by atoms with Crippen LogP contribution >= 0.6 is 11.8 Å². The van der Waals surface area contributed by atoms with Crippen LogP contribution in [-0.2, 0) is 4.79 Å². The van der Waals surface area contributed by atoms with E-state index in [0.29, 0.717) is 24.1 Å². The lowest BCUT2D eigenvalue weighted by molar-refractivity contribution is -0.119. The molecule has 0 radical (unpaired) electrons. The smallest absolute Gasteiger partial charge is 0.230 e. The number of ether oxygens (including phenoxy) is 2. The molecule has 0 saturated heterocycles. The van der Waals surface area contributed by atoms with Gasteiger partial charge in [-0.1, -0.05) is 42.1 Å². The average molecular weight is 397 g/mol. The van der Waals surface area contributed by atoms with Gasteiger partial charge in [0.1, 0.15) is 12.7 Å². The van der Waals surface area contributed by atoms with Crippen molar-refractivity contribution in [1.29, 1.82) is 0 Å². The number of para-hydroxylation sites is 3. The van der Waals surface area contributed by atoms with Gasteiger partial charge in [-0.15, -0.1) is 5.10 Å². The molecule has 0 aliphatic carbocycles. The Hall–Kier alpha value is -3.07. The van der Waals surface area contributed by atoms with E-state index in [0.717, 1.165) is 17.0 Å². The van der Waals surface area contributed by atoms with E-state index >= 15 is 0 Å². The van der Waals surface area contributed by atoms with E-state index in [-0.39, 0.29) is 17.8 Å². The van der Waals surface area contributed by atoms with Gasteiger partial charge in [-0.25, -0.2) is 0 Å². The highest BCUT2D eigenvalue weighted by Crippen LogP contribution is 2.30. The Labute approximate surface area is 166 Å². The van der Waals surface area contributed by atoms with Gasteiger partial charge in [0, 0.05) is 0 Å². The van der Waals surface area contributed by atoms with Crippen molar-refractivity contribution in [2.45, 2.75) is 18.2 Å². The number of carbonyl (C=O) groups excluding carboxylic acids is 1. The van der Waals surface area contributed by atoms with E-state index in [1.54, 1.807) is 4.68 Å². The summed E-state index contributed by atoms with van der Waals surface area (Å²) >= 11 is 1.28. The van der Waals surface area contributed by atoms with Gasteiger partial charge in [-0.05, 0) is 41.1 Å². The summed E-state index contributed by atoms with van der Waals surface area (Å²) in [6.07, 6.45) is -0.221. The van der Waals surface area contributed by atoms with Crippen molar-refractivity contribution in [3.63, 3.8) is 0 Å². The number of benzene rings is 2. The maximum atomic E-state index is 12.2. The molecule has 2 heterocycles. The number of hydrogen-bond donors (Lipinski definition) is 1. The molecule has 3 aromatic rings.